The smallest absolute Gasteiger partial charge is 0.147 e. The molecule has 1 aromatic heterocycles. The SMILES string of the molecule is N#CC1(c2ncc(Cl)cc2F)CCOCC1. The molecule has 1 saturated heterocycles. The minimum atomic E-state index is -0.868. The van der Waals surface area contributed by atoms with Crippen LogP contribution in [-0.4, -0.2) is 18.2 Å². The number of halogens is 2. The van der Waals surface area contributed by atoms with Crippen molar-refractivity contribution in [1.29, 1.82) is 5.26 Å². The van der Waals surface area contributed by atoms with E-state index in [0.717, 1.165) is 0 Å². The fourth-order valence-corrected chi connectivity index (χ4v) is 2.03. The molecule has 0 atom stereocenters. The molecule has 5 heteroatoms. The van der Waals surface area contributed by atoms with Crippen LogP contribution in [0.2, 0.25) is 5.02 Å². The summed E-state index contributed by atoms with van der Waals surface area (Å²) in [4.78, 5) is 3.96. The van der Waals surface area contributed by atoms with Crippen molar-refractivity contribution in [3.63, 3.8) is 0 Å². The lowest BCUT2D eigenvalue weighted by Gasteiger charge is -2.30. The zero-order chi connectivity index (χ0) is 11.6. The Labute approximate surface area is 97.8 Å². The van der Waals surface area contributed by atoms with E-state index in [9.17, 15) is 9.65 Å². The molecule has 0 aromatic carbocycles. The van der Waals surface area contributed by atoms with Crippen molar-refractivity contribution in [1.82, 2.24) is 4.98 Å². The molecule has 2 rings (SSSR count). The van der Waals surface area contributed by atoms with E-state index in [4.69, 9.17) is 16.3 Å². The Morgan fingerprint density at radius 1 is 1.50 bits per heavy atom. The fraction of sp³-hybridized carbons (Fsp3) is 0.455. The summed E-state index contributed by atoms with van der Waals surface area (Å²) in [6, 6.07) is 3.36. The molecule has 16 heavy (non-hydrogen) atoms. The van der Waals surface area contributed by atoms with Gasteiger partial charge >= 0.3 is 0 Å². The van der Waals surface area contributed by atoms with Crippen LogP contribution in [0.25, 0.3) is 0 Å². The van der Waals surface area contributed by atoms with Gasteiger partial charge < -0.3 is 4.74 Å². The molecule has 0 unspecified atom stereocenters. The third kappa shape index (κ3) is 1.89. The van der Waals surface area contributed by atoms with Crippen molar-refractivity contribution >= 4 is 11.6 Å². The maximum absolute atomic E-state index is 13.7. The highest BCUT2D eigenvalue weighted by atomic mass is 35.5. The van der Waals surface area contributed by atoms with E-state index in [-0.39, 0.29) is 10.7 Å². The van der Waals surface area contributed by atoms with Gasteiger partial charge in [0.2, 0.25) is 0 Å². The Bertz CT molecular complexity index is 438. The van der Waals surface area contributed by atoms with E-state index in [2.05, 4.69) is 11.1 Å². The summed E-state index contributed by atoms with van der Waals surface area (Å²) in [6.45, 7) is 0.911. The summed E-state index contributed by atoms with van der Waals surface area (Å²) in [5.41, 5.74) is -0.685. The monoisotopic (exact) mass is 240 g/mol. The van der Waals surface area contributed by atoms with Gasteiger partial charge in [0.25, 0.3) is 0 Å². The van der Waals surface area contributed by atoms with Crippen LogP contribution >= 0.6 is 11.6 Å². The first-order valence-electron chi connectivity index (χ1n) is 4.98. The second-order valence-corrected chi connectivity index (χ2v) is 4.23. The molecule has 0 spiro atoms. The van der Waals surface area contributed by atoms with E-state index >= 15 is 0 Å². The van der Waals surface area contributed by atoms with Crippen LogP contribution in [0.4, 0.5) is 4.39 Å². The molecule has 1 aliphatic heterocycles. The molecule has 0 bridgehead atoms. The second kappa shape index (κ2) is 4.36. The number of nitrogens with zero attached hydrogens (tertiary/aromatic N) is 2. The number of pyridine rings is 1. The molecule has 2 heterocycles. The highest BCUT2D eigenvalue weighted by Gasteiger charge is 2.38. The Morgan fingerprint density at radius 3 is 2.75 bits per heavy atom. The van der Waals surface area contributed by atoms with Gasteiger partial charge in [-0.15, -0.1) is 0 Å². The van der Waals surface area contributed by atoms with Gasteiger partial charge in [0.15, 0.2) is 0 Å². The lowest BCUT2D eigenvalue weighted by Crippen LogP contribution is -2.34. The van der Waals surface area contributed by atoms with Gasteiger partial charge in [0.05, 0.1) is 16.8 Å². The standard InChI is InChI=1S/C11H10ClFN2O/c12-8-5-9(13)10(15-6-8)11(7-14)1-3-16-4-2-11/h5-6H,1-4H2. The van der Waals surface area contributed by atoms with Crippen LogP contribution in [0.15, 0.2) is 12.3 Å². The molecule has 0 saturated carbocycles. The predicted octanol–water partition coefficient (Wildman–Crippen LogP) is 2.45. The Balaban J connectivity index is 2.44. The first-order valence-corrected chi connectivity index (χ1v) is 5.36. The van der Waals surface area contributed by atoms with Crippen molar-refractivity contribution in [3.05, 3.63) is 28.8 Å². The largest absolute Gasteiger partial charge is 0.381 e. The zero-order valence-corrected chi connectivity index (χ0v) is 9.30. The van der Waals surface area contributed by atoms with E-state index in [1.54, 1.807) is 0 Å². The Morgan fingerprint density at radius 2 is 2.19 bits per heavy atom. The van der Waals surface area contributed by atoms with E-state index < -0.39 is 11.2 Å². The van der Waals surface area contributed by atoms with Gasteiger partial charge in [-0.1, -0.05) is 11.6 Å². The lowest BCUT2D eigenvalue weighted by atomic mass is 9.78. The minimum Gasteiger partial charge on any atom is -0.381 e. The third-order valence-corrected chi connectivity index (χ3v) is 3.03. The van der Waals surface area contributed by atoms with Crippen molar-refractivity contribution in [2.45, 2.75) is 18.3 Å². The summed E-state index contributed by atoms with van der Waals surface area (Å²) in [5.74, 6) is -0.518. The summed E-state index contributed by atoms with van der Waals surface area (Å²) >= 11 is 5.63. The van der Waals surface area contributed by atoms with E-state index in [1.807, 2.05) is 0 Å². The minimum absolute atomic E-state index is 0.183. The molecule has 84 valence electrons. The van der Waals surface area contributed by atoms with Crippen molar-refractivity contribution in [2.75, 3.05) is 13.2 Å². The summed E-state index contributed by atoms with van der Waals surface area (Å²) < 4.78 is 18.9. The molecule has 1 fully saturated rings. The van der Waals surface area contributed by atoms with Crippen LogP contribution < -0.4 is 0 Å². The normalized spacial score (nSPS) is 19.1. The molecular weight excluding hydrogens is 231 g/mol. The zero-order valence-electron chi connectivity index (χ0n) is 8.54. The summed E-state index contributed by atoms with van der Waals surface area (Å²) in [6.07, 6.45) is 2.30. The van der Waals surface area contributed by atoms with E-state index in [0.29, 0.717) is 26.1 Å². The maximum atomic E-state index is 13.7. The van der Waals surface area contributed by atoms with Gasteiger partial charge in [-0.2, -0.15) is 5.26 Å². The molecular formula is C11H10ClFN2O. The van der Waals surface area contributed by atoms with Crippen molar-refractivity contribution < 1.29 is 9.13 Å². The topological polar surface area (TPSA) is 45.9 Å². The first-order chi connectivity index (χ1) is 7.68. The van der Waals surface area contributed by atoms with Crippen LogP contribution in [0, 0.1) is 17.1 Å². The van der Waals surface area contributed by atoms with Crippen LogP contribution in [0.3, 0.4) is 0 Å². The van der Waals surface area contributed by atoms with Gasteiger partial charge in [-0.25, -0.2) is 4.39 Å². The summed E-state index contributed by atoms with van der Waals surface area (Å²) in [7, 11) is 0. The number of nitriles is 1. The number of ether oxygens (including phenoxy) is 1. The fourth-order valence-electron chi connectivity index (χ4n) is 1.89. The van der Waals surface area contributed by atoms with Gasteiger partial charge in [0.1, 0.15) is 11.2 Å². The third-order valence-electron chi connectivity index (χ3n) is 2.82. The number of hydrogen-bond acceptors (Lipinski definition) is 3. The molecule has 1 aromatic rings. The number of hydrogen-bond donors (Lipinski definition) is 0. The molecule has 0 N–H and O–H groups in total. The van der Waals surface area contributed by atoms with Crippen molar-refractivity contribution in [2.24, 2.45) is 0 Å². The molecule has 0 amide bonds. The van der Waals surface area contributed by atoms with Crippen LogP contribution in [0.1, 0.15) is 18.5 Å². The van der Waals surface area contributed by atoms with Gasteiger partial charge in [0, 0.05) is 19.4 Å². The number of aromatic nitrogens is 1. The quantitative estimate of drug-likeness (QED) is 0.758. The number of rotatable bonds is 1. The first kappa shape index (κ1) is 11.3. The average molecular weight is 241 g/mol. The molecule has 0 radical (unpaired) electrons. The average Bonchev–Trinajstić information content (AvgIpc) is 2.30. The molecule has 0 aliphatic carbocycles. The van der Waals surface area contributed by atoms with Gasteiger partial charge in [-0.3, -0.25) is 4.98 Å². The second-order valence-electron chi connectivity index (χ2n) is 3.79. The van der Waals surface area contributed by atoms with Crippen LogP contribution in [-0.2, 0) is 10.2 Å². The highest BCUT2D eigenvalue weighted by Crippen LogP contribution is 2.34. The highest BCUT2D eigenvalue weighted by molar-refractivity contribution is 6.30. The van der Waals surface area contributed by atoms with Gasteiger partial charge in [-0.05, 0) is 18.9 Å². The molecule has 3 nitrogen and oxygen atoms in total. The Kier molecular flexibility index (Phi) is 3.08. The lowest BCUT2D eigenvalue weighted by molar-refractivity contribution is 0.0653. The van der Waals surface area contributed by atoms with Crippen LogP contribution in [0.5, 0.6) is 0 Å². The maximum Gasteiger partial charge on any atom is 0.147 e. The Hall–Kier alpha value is -1.18. The van der Waals surface area contributed by atoms with E-state index in [1.165, 1.54) is 12.3 Å². The predicted molar refractivity (Wildman–Crippen MR) is 56.5 cm³/mol. The van der Waals surface area contributed by atoms with Crippen molar-refractivity contribution in [3.8, 4) is 6.07 Å². The summed E-state index contributed by atoms with van der Waals surface area (Å²) in [5, 5.41) is 9.48. The molecule has 1 aliphatic rings.